The molecule has 0 saturated carbocycles. The first-order chi connectivity index (χ1) is 27.4. The summed E-state index contributed by atoms with van der Waals surface area (Å²) in [5.74, 6) is -3.22. The van der Waals surface area contributed by atoms with Crippen LogP contribution in [0.3, 0.4) is 0 Å². The smallest absolute Gasteiger partial charge is 0.458 e. The summed E-state index contributed by atoms with van der Waals surface area (Å²) in [6.45, 7) is 1.74. The molecule has 0 bridgehead atoms. The van der Waals surface area contributed by atoms with Gasteiger partial charge in [0.15, 0.2) is 12.3 Å². The number of hydrogen-bond donors (Lipinski definition) is 6. The zero-order chi connectivity index (χ0) is 40.9. The third-order valence-corrected chi connectivity index (χ3v) is 9.78. The Bertz CT molecular complexity index is 2330. The fourth-order valence-electron chi connectivity index (χ4n) is 6.82. The van der Waals surface area contributed by atoms with Crippen molar-refractivity contribution in [2.45, 2.75) is 57.9 Å². The highest BCUT2D eigenvalue weighted by atomic mass is 16.7. The van der Waals surface area contributed by atoms with Gasteiger partial charge in [0.05, 0.1) is 48.6 Å². The number of aliphatic hydroxyl groups is 1. The summed E-state index contributed by atoms with van der Waals surface area (Å²) in [5.41, 5.74) is 7.28. The first-order valence-electron chi connectivity index (χ1n) is 18.2. The molecule has 0 fully saturated rings. The fourth-order valence-corrected chi connectivity index (χ4v) is 6.82. The van der Waals surface area contributed by atoms with E-state index in [0.717, 1.165) is 16.7 Å². The van der Waals surface area contributed by atoms with Crippen molar-refractivity contribution in [3.05, 3.63) is 92.8 Å². The quantitative estimate of drug-likeness (QED) is 0.0499. The molecule has 18 nitrogen and oxygen atoms in total. The molecule has 6 rings (SSSR count). The number of amides is 4. The minimum absolute atomic E-state index is 0.0228. The highest BCUT2D eigenvalue weighted by molar-refractivity contribution is 5.93. The molecule has 4 amide bonds. The molecule has 0 spiro atoms. The summed E-state index contributed by atoms with van der Waals surface area (Å²) < 4.78 is 17.1. The zero-order valence-corrected chi connectivity index (χ0v) is 31.1. The van der Waals surface area contributed by atoms with E-state index in [1.54, 1.807) is 60.0 Å². The van der Waals surface area contributed by atoms with Gasteiger partial charge in [-0.1, -0.05) is 44.2 Å². The van der Waals surface area contributed by atoms with E-state index in [0.29, 0.717) is 28.7 Å². The van der Waals surface area contributed by atoms with Crippen LogP contribution in [0.5, 0.6) is 5.75 Å². The molecule has 0 aliphatic carbocycles. The minimum Gasteiger partial charge on any atom is -0.458 e. The van der Waals surface area contributed by atoms with Gasteiger partial charge in [-0.25, -0.2) is 14.6 Å². The standard InChI is InChI=1S/C39H41N7O11/c1-3-23-24-13-22(10-11-28(24)45-34-25(23)18-46-30(34)14-27-26(36(46)51)19-55-37(52)39(27,54)4-2)57-38(53)56-20-43-32(48)16-42-35(50)29(12-21-8-6-5-7-9-21)44-33(49)17-41-31(47)15-40/h5-11,13-14,29,54H,3-4,12,15-20,40H2,1-2H3,(H,41,47)(H,42,50)(H,43,48)(H,44,49)/t29-,39-/m0/s1. The summed E-state index contributed by atoms with van der Waals surface area (Å²) in [5, 5.41) is 21.5. The molecule has 7 N–H and O–H groups in total. The molecule has 298 valence electrons. The minimum atomic E-state index is -1.95. The second-order valence-electron chi connectivity index (χ2n) is 13.3. The third kappa shape index (κ3) is 8.46. The van der Waals surface area contributed by atoms with Gasteiger partial charge in [-0.15, -0.1) is 0 Å². The number of rotatable bonds is 14. The summed E-state index contributed by atoms with van der Waals surface area (Å²) in [6.07, 6.45) is -0.462. The van der Waals surface area contributed by atoms with Crippen molar-refractivity contribution in [1.82, 2.24) is 30.8 Å². The molecular formula is C39H41N7O11. The molecule has 0 radical (unpaired) electrons. The number of nitrogens with two attached hydrogens (primary N) is 1. The third-order valence-electron chi connectivity index (χ3n) is 9.78. The van der Waals surface area contributed by atoms with E-state index in [1.165, 1.54) is 6.07 Å². The molecule has 0 saturated heterocycles. The molecular weight excluding hydrogens is 742 g/mol. The van der Waals surface area contributed by atoms with E-state index in [1.807, 2.05) is 6.92 Å². The number of cyclic esters (lactones) is 1. The molecule has 2 atom stereocenters. The maximum Gasteiger partial charge on any atom is 0.515 e. The Kier molecular flexibility index (Phi) is 11.9. The number of carbonyl (C=O) groups excluding carboxylic acids is 6. The maximum atomic E-state index is 13.6. The summed E-state index contributed by atoms with van der Waals surface area (Å²) in [4.78, 5) is 92.8. The Balaban J connectivity index is 1.06. The van der Waals surface area contributed by atoms with Gasteiger partial charge in [0.1, 0.15) is 18.4 Å². The Morgan fingerprint density at radius 3 is 2.44 bits per heavy atom. The van der Waals surface area contributed by atoms with Crippen molar-refractivity contribution in [2.75, 3.05) is 26.4 Å². The SMILES string of the molecule is CCc1c2c(nc3ccc(OC(=O)OCNC(=O)CNC(=O)[C@H](Cc4ccccc4)NC(=O)CNC(=O)CN)cc13)-c1cc3c(c(=O)n1C2)COC(=O)[C@]3(O)CC. The van der Waals surface area contributed by atoms with Crippen LogP contribution in [-0.2, 0) is 65.0 Å². The Morgan fingerprint density at radius 2 is 1.72 bits per heavy atom. The molecule has 4 heterocycles. The van der Waals surface area contributed by atoms with Gasteiger partial charge in [0, 0.05) is 22.9 Å². The number of nitrogens with one attached hydrogen (secondary N) is 4. The van der Waals surface area contributed by atoms with Crippen LogP contribution in [0, 0.1) is 0 Å². The number of pyridine rings is 2. The lowest BCUT2D eigenvalue weighted by Crippen LogP contribution is -2.52. The largest absolute Gasteiger partial charge is 0.515 e. The molecule has 2 aromatic heterocycles. The average Bonchev–Trinajstić information content (AvgIpc) is 3.58. The van der Waals surface area contributed by atoms with E-state index in [9.17, 15) is 38.7 Å². The van der Waals surface area contributed by atoms with Crippen LogP contribution in [0.25, 0.3) is 22.3 Å². The number of esters is 1. The first kappa shape index (κ1) is 40.0. The molecule has 2 aromatic carbocycles. The van der Waals surface area contributed by atoms with E-state index >= 15 is 0 Å². The number of aryl methyl sites for hydroxylation is 1. The average molecular weight is 784 g/mol. The number of nitrogens with zero attached hydrogens (tertiary/aromatic N) is 2. The van der Waals surface area contributed by atoms with Crippen LogP contribution >= 0.6 is 0 Å². The predicted octanol–water partition coefficient (Wildman–Crippen LogP) is 0.150. The lowest BCUT2D eigenvalue weighted by molar-refractivity contribution is -0.172. The van der Waals surface area contributed by atoms with Crippen LogP contribution < -0.4 is 37.3 Å². The Morgan fingerprint density at radius 1 is 0.965 bits per heavy atom. The summed E-state index contributed by atoms with van der Waals surface area (Å²) in [6, 6.07) is 14.2. The number of ether oxygens (including phenoxy) is 3. The molecule has 18 heteroatoms. The van der Waals surface area contributed by atoms with E-state index in [2.05, 4.69) is 21.3 Å². The Labute approximate surface area is 325 Å². The lowest BCUT2D eigenvalue weighted by atomic mass is 9.86. The second kappa shape index (κ2) is 17.0. The van der Waals surface area contributed by atoms with E-state index < -0.39 is 67.2 Å². The number of fused-ring (bicyclic) bond motifs is 5. The molecule has 57 heavy (non-hydrogen) atoms. The van der Waals surface area contributed by atoms with E-state index in [4.69, 9.17) is 24.9 Å². The molecule has 0 unspecified atom stereocenters. The Hall–Kier alpha value is -6.66. The van der Waals surface area contributed by atoms with Gasteiger partial charge in [0.2, 0.25) is 23.6 Å². The summed E-state index contributed by atoms with van der Waals surface area (Å²) >= 11 is 0. The van der Waals surface area contributed by atoms with Crippen molar-refractivity contribution in [2.24, 2.45) is 5.73 Å². The highest BCUT2D eigenvalue weighted by Gasteiger charge is 2.45. The van der Waals surface area contributed by atoms with E-state index in [-0.39, 0.29) is 55.0 Å². The van der Waals surface area contributed by atoms with Gasteiger partial charge >= 0.3 is 12.1 Å². The highest BCUT2D eigenvalue weighted by Crippen LogP contribution is 2.40. The van der Waals surface area contributed by atoms with Crippen molar-refractivity contribution in [3.8, 4) is 17.1 Å². The maximum absolute atomic E-state index is 13.6. The van der Waals surface area contributed by atoms with Gasteiger partial charge < -0.3 is 50.9 Å². The van der Waals surface area contributed by atoms with Crippen LogP contribution in [0.2, 0.25) is 0 Å². The number of carbonyl (C=O) groups is 6. The topological polar surface area (TPSA) is 259 Å². The van der Waals surface area contributed by atoms with Crippen LogP contribution in [0.15, 0.2) is 59.4 Å². The van der Waals surface area contributed by atoms with Gasteiger partial charge in [-0.05, 0) is 48.2 Å². The van der Waals surface area contributed by atoms with Gasteiger partial charge in [-0.3, -0.25) is 24.0 Å². The monoisotopic (exact) mass is 783 g/mol. The van der Waals surface area contributed by atoms with Crippen molar-refractivity contribution >= 4 is 46.7 Å². The molecule has 4 aromatic rings. The first-order valence-corrected chi connectivity index (χ1v) is 18.2. The van der Waals surface area contributed by atoms with Crippen LogP contribution in [-0.4, -0.2) is 82.8 Å². The number of aromatic nitrogens is 2. The lowest BCUT2D eigenvalue weighted by Gasteiger charge is -2.31. The molecule has 2 aliphatic heterocycles. The fraction of sp³-hybridized carbons (Fsp3) is 0.333. The summed E-state index contributed by atoms with van der Waals surface area (Å²) in [7, 11) is 0. The molecule has 2 aliphatic rings. The van der Waals surface area contributed by atoms with Crippen molar-refractivity contribution in [1.29, 1.82) is 0 Å². The second-order valence-corrected chi connectivity index (χ2v) is 13.3. The van der Waals surface area contributed by atoms with Crippen LogP contribution in [0.4, 0.5) is 4.79 Å². The van der Waals surface area contributed by atoms with Crippen LogP contribution in [0.1, 0.15) is 48.1 Å². The van der Waals surface area contributed by atoms with Gasteiger partial charge in [0.25, 0.3) is 5.56 Å². The normalized spacial score (nSPS) is 15.6. The zero-order valence-electron chi connectivity index (χ0n) is 31.1. The predicted molar refractivity (Wildman–Crippen MR) is 201 cm³/mol. The van der Waals surface area contributed by atoms with Crippen molar-refractivity contribution in [3.63, 3.8) is 0 Å². The van der Waals surface area contributed by atoms with Crippen molar-refractivity contribution < 1.29 is 48.1 Å². The number of benzene rings is 2. The number of hydrogen-bond acceptors (Lipinski definition) is 13. The van der Waals surface area contributed by atoms with Gasteiger partial charge in [-0.2, -0.15) is 0 Å².